The average Bonchev–Trinajstić information content (AvgIpc) is 2.76. The maximum atomic E-state index is 9.35. The molecule has 0 aliphatic carbocycles. The first-order chi connectivity index (χ1) is 7.20. The van der Waals surface area contributed by atoms with Gasteiger partial charge in [0.05, 0.1) is 6.61 Å². The minimum atomic E-state index is -0.202. The Morgan fingerprint density at radius 2 is 2.47 bits per heavy atom. The number of thioether (sulfide) groups is 1. The Morgan fingerprint density at radius 1 is 1.67 bits per heavy atom. The van der Waals surface area contributed by atoms with Gasteiger partial charge >= 0.3 is 0 Å². The zero-order valence-electron chi connectivity index (χ0n) is 9.19. The Hall–Kier alpha value is -0.100. The Bertz CT molecular complexity index is 266. The summed E-state index contributed by atoms with van der Waals surface area (Å²) in [5.41, 5.74) is -0.202. The quantitative estimate of drug-likeness (QED) is 0.722. The molecule has 3 nitrogen and oxygen atoms in total. The summed E-state index contributed by atoms with van der Waals surface area (Å²) in [7, 11) is 0. The SMILES string of the molecule is CCCNC(C)(CO)CSc1nccs1. The minimum absolute atomic E-state index is 0.158. The Labute approximate surface area is 99.3 Å². The van der Waals surface area contributed by atoms with Gasteiger partial charge in [-0.1, -0.05) is 18.7 Å². The van der Waals surface area contributed by atoms with Crippen molar-refractivity contribution in [3.63, 3.8) is 0 Å². The maximum Gasteiger partial charge on any atom is 0.149 e. The van der Waals surface area contributed by atoms with Crippen LogP contribution in [0.15, 0.2) is 15.9 Å². The average molecular weight is 246 g/mol. The van der Waals surface area contributed by atoms with E-state index in [9.17, 15) is 5.11 Å². The van der Waals surface area contributed by atoms with E-state index in [0.717, 1.165) is 23.1 Å². The van der Waals surface area contributed by atoms with Crippen LogP contribution in [-0.2, 0) is 0 Å². The smallest absolute Gasteiger partial charge is 0.149 e. The second kappa shape index (κ2) is 6.48. The van der Waals surface area contributed by atoms with E-state index in [-0.39, 0.29) is 12.1 Å². The van der Waals surface area contributed by atoms with Gasteiger partial charge in [-0.2, -0.15) is 0 Å². The first-order valence-electron chi connectivity index (χ1n) is 5.08. The molecule has 1 aromatic rings. The molecule has 0 spiro atoms. The highest BCUT2D eigenvalue weighted by atomic mass is 32.2. The number of aliphatic hydroxyl groups is 1. The molecule has 1 heterocycles. The van der Waals surface area contributed by atoms with Crippen molar-refractivity contribution in [3.8, 4) is 0 Å². The fourth-order valence-corrected chi connectivity index (χ4v) is 2.83. The van der Waals surface area contributed by atoms with Crippen molar-refractivity contribution in [1.82, 2.24) is 10.3 Å². The van der Waals surface area contributed by atoms with Crippen molar-refractivity contribution >= 4 is 23.1 Å². The fraction of sp³-hybridized carbons (Fsp3) is 0.700. The van der Waals surface area contributed by atoms with E-state index < -0.39 is 0 Å². The number of nitrogens with one attached hydrogen (secondary N) is 1. The number of hydrogen-bond acceptors (Lipinski definition) is 5. The van der Waals surface area contributed by atoms with E-state index >= 15 is 0 Å². The molecule has 0 radical (unpaired) electrons. The molecule has 0 aliphatic heterocycles. The van der Waals surface area contributed by atoms with Crippen LogP contribution in [0.2, 0.25) is 0 Å². The number of aliphatic hydroxyl groups excluding tert-OH is 1. The number of rotatable bonds is 7. The van der Waals surface area contributed by atoms with Gasteiger partial charge in [-0.05, 0) is 19.9 Å². The molecule has 0 amide bonds. The van der Waals surface area contributed by atoms with Gasteiger partial charge in [0.2, 0.25) is 0 Å². The molecule has 5 heteroatoms. The zero-order chi connectivity index (χ0) is 11.1. The number of thiazole rings is 1. The highest BCUT2D eigenvalue weighted by Gasteiger charge is 2.22. The van der Waals surface area contributed by atoms with Gasteiger partial charge in [0.1, 0.15) is 4.34 Å². The van der Waals surface area contributed by atoms with Crippen molar-refractivity contribution in [2.45, 2.75) is 30.1 Å². The third kappa shape index (κ3) is 4.51. The number of aromatic nitrogens is 1. The summed E-state index contributed by atoms with van der Waals surface area (Å²) in [6.45, 7) is 5.27. The van der Waals surface area contributed by atoms with Gasteiger partial charge in [0.25, 0.3) is 0 Å². The molecule has 1 aromatic heterocycles. The lowest BCUT2D eigenvalue weighted by molar-refractivity contribution is 0.192. The molecule has 86 valence electrons. The van der Waals surface area contributed by atoms with Crippen LogP contribution >= 0.6 is 23.1 Å². The van der Waals surface area contributed by atoms with Gasteiger partial charge in [0.15, 0.2) is 0 Å². The monoisotopic (exact) mass is 246 g/mol. The first-order valence-corrected chi connectivity index (χ1v) is 6.95. The van der Waals surface area contributed by atoms with Gasteiger partial charge in [-0.15, -0.1) is 11.3 Å². The molecule has 1 unspecified atom stereocenters. The molecule has 15 heavy (non-hydrogen) atoms. The standard InChI is InChI=1S/C10H18N2OS2/c1-3-4-12-10(2,7-13)8-15-9-11-5-6-14-9/h5-6,12-13H,3-4,7-8H2,1-2H3. The summed E-state index contributed by atoms with van der Waals surface area (Å²) < 4.78 is 1.06. The zero-order valence-corrected chi connectivity index (χ0v) is 10.8. The Kier molecular flexibility index (Phi) is 5.60. The Balaban J connectivity index is 2.38. The van der Waals surface area contributed by atoms with Crippen LogP contribution in [0.5, 0.6) is 0 Å². The third-order valence-electron chi connectivity index (χ3n) is 2.07. The summed E-state index contributed by atoms with van der Waals surface area (Å²) in [6.07, 6.45) is 2.89. The molecule has 1 rings (SSSR count). The molecule has 1 atom stereocenters. The van der Waals surface area contributed by atoms with Crippen LogP contribution in [0.4, 0.5) is 0 Å². The number of nitrogens with zero attached hydrogens (tertiary/aromatic N) is 1. The van der Waals surface area contributed by atoms with Crippen LogP contribution in [0.1, 0.15) is 20.3 Å². The lowest BCUT2D eigenvalue weighted by atomic mass is 10.1. The van der Waals surface area contributed by atoms with Gasteiger partial charge < -0.3 is 10.4 Å². The molecule has 0 saturated heterocycles. The predicted molar refractivity (Wildman–Crippen MR) is 66.6 cm³/mol. The highest BCUT2D eigenvalue weighted by Crippen LogP contribution is 2.24. The lowest BCUT2D eigenvalue weighted by Crippen LogP contribution is -2.48. The summed E-state index contributed by atoms with van der Waals surface area (Å²) in [5.74, 6) is 0.844. The molecular formula is C10H18N2OS2. The molecule has 0 saturated carbocycles. The molecule has 0 bridgehead atoms. The molecular weight excluding hydrogens is 228 g/mol. The Morgan fingerprint density at radius 3 is 3.00 bits per heavy atom. The molecule has 0 fully saturated rings. The maximum absolute atomic E-state index is 9.35. The molecule has 2 N–H and O–H groups in total. The molecule has 0 aromatic carbocycles. The van der Waals surface area contributed by atoms with Crippen molar-refractivity contribution < 1.29 is 5.11 Å². The van der Waals surface area contributed by atoms with Crippen LogP contribution in [-0.4, -0.2) is 34.5 Å². The van der Waals surface area contributed by atoms with Crippen molar-refractivity contribution in [2.24, 2.45) is 0 Å². The minimum Gasteiger partial charge on any atom is -0.394 e. The van der Waals surface area contributed by atoms with E-state index in [0.29, 0.717) is 0 Å². The van der Waals surface area contributed by atoms with Gasteiger partial charge in [-0.3, -0.25) is 0 Å². The predicted octanol–water partition coefficient (Wildman–Crippen LogP) is 1.99. The fourth-order valence-electron chi connectivity index (χ4n) is 1.08. The van der Waals surface area contributed by atoms with Crippen LogP contribution in [0.25, 0.3) is 0 Å². The number of hydrogen-bond donors (Lipinski definition) is 2. The largest absolute Gasteiger partial charge is 0.394 e. The van der Waals surface area contributed by atoms with E-state index in [1.807, 2.05) is 18.5 Å². The highest BCUT2D eigenvalue weighted by molar-refractivity contribution is 8.01. The first kappa shape index (κ1) is 13.0. The summed E-state index contributed by atoms with van der Waals surface area (Å²) >= 11 is 3.33. The second-order valence-corrected chi connectivity index (χ2v) is 5.85. The van der Waals surface area contributed by atoms with Crippen molar-refractivity contribution in [1.29, 1.82) is 0 Å². The summed E-state index contributed by atoms with van der Waals surface area (Å²) in [6, 6.07) is 0. The second-order valence-electron chi connectivity index (χ2n) is 3.73. The summed E-state index contributed by atoms with van der Waals surface area (Å²) in [4.78, 5) is 4.21. The van der Waals surface area contributed by atoms with Crippen molar-refractivity contribution in [3.05, 3.63) is 11.6 Å². The topological polar surface area (TPSA) is 45.1 Å². The third-order valence-corrected chi connectivity index (χ3v) is 4.42. The van der Waals surface area contributed by atoms with E-state index in [2.05, 4.69) is 17.2 Å². The van der Waals surface area contributed by atoms with E-state index in [4.69, 9.17) is 0 Å². The summed E-state index contributed by atoms with van der Waals surface area (Å²) in [5, 5.41) is 14.7. The van der Waals surface area contributed by atoms with E-state index in [1.54, 1.807) is 23.1 Å². The molecule has 0 aliphatic rings. The lowest BCUT2D eigenvalue weighted by Gasteiger charge is -2.27. The van der Waals surface area contributed by atoms with E-state index in [1.165, 1.54) is 0 Å². The van der Waals surface area contributed by atoms with Crippen LogP contribution < -0.4 is 5.32 Å². The van der Waals surface area contributed by atoms with Crippen LogP contribution in [0.3, 0.4) is 0 Å². The van der Waals surface area contributed by atoms with Gasteiger partial charge in [-0.25, -0.2) is 4.98 Å². The van der Waals surface area contributed by atoms with Crippen molar-refractivity contribution in [2.75, 3.05) is 18.9 Å². The van der Waals surface area contributed by atoms with Gasteiger partial charge in [0, 0.05) is 22.9 Å². The van der Waals surface area contributed by atoms with Crippen LogP contribution in [0, 0.1) is 0 Å². The normalized spacial score (nSPS) is 15.1.